The van der Waals surface area contributed by atoms with Crippen LogP contribution in [0.4, 0.5) is 0 Å². The van der Waals surface area contributed by atoms with Crippen LogP contribution in [0.15, 0.2) is 23.0 Å². The van der Waals surface area contributed by atoms with Gasteiger partial charge in [-0.25, -0.2) is 9.59 Å². The number of methoxy groups -OCH3 is 1. The zero-order valence-electron chi connectivity index (χ0n) is 7.97. The Kier molecular flexibility index (Phi) is 3.11. The predicted molar refractivity (Wildman–Crippen MR) is 47.4 cm³/mol. The summed E-state index contributed by atoms with van der Waals surface area (Å²) in [5, 5.41) is 17.7. The molecule has 0 amide bonds. The highest BCUT2D eigenvalue weighted by atomic mass is 16.5. The van der Waals surface area contributed by atoms with Crippen LogP contribution in [-0.2, 0) is 20.7 Å². The van der Waals surface area contributed by atoms with Crippen LogP contribution in [0.1, 0.15) is 5.56 Å². The Balaban J connectivity index is 3.00. The molecule has 0 atom stereocenters. The molecule has 82 valence electrons. The number of carboxylic acids is 2. The van der Waals surface area contributed by atoms with Gasteiger partial charge in [0.05, 0.1) is 12.5 Å². The molecule has 1 aromatic rings. The van der Waals surface area contributed by atoms with Crippen LogP contribution in [0.5, 0.6) is 0 Å². The molecule has 0 spiro atoms. The Labute approximate surface area is 85.1 Å². The fraction of sp³-hybridized carbons (Fsp3) is 0.333. The summed E-state index contributed by atoms with van der Waals surface area (Å²) in [7, 11) is 1.04. The molecule has 15 heavy (non-hydrogen) atoms. The molecule has 1 heterocycles. The highest BCUT2D eigenvalue weighted by molar-refractivity contribution is 6.02. The Morgan fingerprint density at radius 3 is 2.40 bits per heavy atom. The van der Waals surface area contributed by atoms with E-state index in [9.17, 15) is 9.59 Å². The second-order valence-corrected chi connectivity index (χ2v) is 2.95. The molecule has 2 N–H and O–H groups in total. The number of carbonyl (C=O) groups is 2. The average Bonchev–Trinajstić information content (AvgIpc) is 2.65. The van der Waals surface area contributed by atoms with Crippen molar-refractivity contribution in [3.05, 3.63) is 24.2 Å². The van der Waals surface area contributed by atoms with Crippen molar-refractivity contribution < 1.29 is 29.0 Å². The fourth-order valence-electron chi connectivity index (χ4n) is 1.17. The smallest absolute Gasteiger partial charge is 0.348 e. The van der Waals surface area contributed by atoms with Gasteiger partial charge in [0.25, 0.3) is 5.60 Å². The molecule has 0 fully saturated rings. The monoisotopic (exact) mass is 214 g/mol. The lowest BCUT2D eigenvalue weighted by molar-refractivity contribution is -0.179. The van der Waals surface area contributed by atoms with E-state index < -0.39 is 17.5 Å². The summed E-state index contributed by atoms with van der Waals surface area (Å²) in [5.74, 6) is -3.09. The summed E-state index contributed by atoms with van der Waals surface area (Å²) in [6, 6.07) is 1.49. The first-order valence-corrected chi connectivity index (χ1v) is 4.06. The predicted octanol–water partition coefficient (Wildman–Crippen LogP) is 0.376. The minimum Gasteiger partial charge on any atom is -0.479 e. The van der Waals surface area contributed by atoms with E-state index in [1.54, 1.807) is 0 Å². The second-order valence-electron chi connectivity index (χ2n) is 2.95. The molecule has 0 bridgehead atoms. The van der Waals surface area contributed by atoms with Crippen molar-refractivity contribution >= 4 is 11.9 Å². The molecule has 0 saturated carbocycles. The van der Waals surface area contributed by atoms with Gasteiger partial charge < -0.3 is 19.4 Å². The Morgan fingerprint density at radius 1 is 1.47 bits per heavy atom. The van der Waals surface area contributed by atoms with Crippen LogP contribution in [-0.4, -0.2) is 34.9 Å². The third kappa shape index (κ3) is 1.99. The zero-order valence-corrected chi connectivity index (χ0v) is 7.97. The van der Waals surface area contributed by atoms with Gasteiger partial charge in [0.15, 0.2) is 0 Å². The number of carboxylic acid groups (broad SMARTS) is 2. The zero-order chi connectivity index (χ0) is 11.5. The van der Waals surface area contributed by atoms with Crippen molar-refractivity contribution in [2.24, 2.45) is 0 Å². The van der Waals surface area contributed by atoms with Crippen molar-refractivity contribution in [1.29, 1.82) is 0 Å². The molecule has 6 heteroatoms. The number of ether oxygens (including phenoxy) is 1. The number of aliphatic carboxylic acids is 2. The molecule has 6 nitrogen and oxygen atoms in total. The van der Waals surface area contributed by atoms with Crippen LogP contribution in [0.25, 0.3) is 0 Å². The maximum atomic E-state index is 10.9. The van der Waals surface area contributed by atoms with Crippen LogP contribution < -0.4 is 0 Å². The maximum Gasteiger partial charge on any atom is 0.348 e. The molecule has 0 aliphatic carbocycles. The minimum atomic E-state index is -2.26. The molecular formula is C9H10O6. The summed E-state index contributed by atoms with van der Waals surface area (Å²) in [4.78, 5) is 21.8. The summed E-state index contributed by atoms with van der Waals surface area (Å²) in [6.45, 7) is 0. The van der Waals surface area contributed by atoms with Gasteiger partial charge in [-0.05, 0) is 11.6 Å². The highest BCUT2D eigenvalue weighted by Gasteiger charge is 2.47. The van der Waals surface area contributed by atoms with Gasteiger partial charge in [-0.3, -0.25) is 0 Å². The SMILES string of the molecule is COC(Cc1ccoc1)(C(=O)O)C(=O)O. The summed E-state index contributed by atoms with van der Waals surface area (Å²) < 4.78 is 9.32. The van der Waals surface area contributed by atoms with E-state index in [2.05, 4.69) is 4.74 Å². The third-order valence-corrected chi connectivity index (χ3v) is 2.07. The van der Waals surface area contributed by atoms with Gasteiger partial charge >= 0.3 is 11.9 Å². The van der Waals surface area contributed by atoms with Gasteiger partial charge in [0.1, 0.15) is 0 Å². The first-order valence-electron chi connectivity index (χ1n) is 4.06. The van der Waals surface area contributed by atoms with E-state index in [0.717, 1.165) is 7.11 Å². The van der Waals surface area contributed by atoms with E-state index >= 15 is 0 Å². The summed E-state index contributed by atoms with van der Waals surface area (Å²) in [6.07, 6.45) is 2.32. The maximum absolute atomic E-state index is 10.9. The molecule has 0 radical (unpaired) electrons. The highest BCUT2D eigenvalue weighted by Crippen LogP contribution is 2.18. The number of hydrogen-bond donors (Lipinski definition) is 2. The van der Waals surface area contributed by atoms with Crippen molar-refractivity contribution in [2.45, 2.75) is 12.0 Å². The van der Waals surface area contributed by atoms with Gasteiger partial charge in [-0.1, -0.05) is 0 Å². The topological polar surface area (TPSA) is 97.0 Å². The standard InChI is InChI=1S/C9H10O6/c1-14-9(7(10)11,8(12)13)4-6-2-3-15-5-6/h2-3,5H,4H2,1H3,(H,10,11)(H,12,13). The number of hydrogen-bond acceptors (Lipinski definition) is 4. The van der Waals surface area contributed by atoms with Crippen molar-refractivity contribution in [1.82, 2.24) is 0 Å². The molecule has 0 aliphatic heterocycles. The second kappa shape index (κ2) is 4.14. The normalized spacial score (nSPS) is 11.3. The molecule has 1 aromatic heterocycles. The molecule has 0 aliphatic rings. The van der Waals surface area contributed by atoms with E-state index in [1.165, 1.54) is 18.6 Å². The molecular weight excluding hydrogens is 204 g/mol. The van der Waals surface area contributed by atoms with E-state index in [0.29, 0.717) is 5.56 Å². The number of furan rings is 1. The fourth-order valence-corrected chi connectivity index (χ4v) is 1.17. The molecule has 0 aromatic carbocycles. The van der Waals surface area contributed by atoms with Gasteiger partial charge in [0, 0.05) is 13.5 Å². The first-order chi connectivity index (χ1) is 7.03. The largest absolute Gasteiger partial charge is 0.479 e. The lowest BCUT2D eigenvalue weighted by atomic mass is 9.96. The minimum absolute atomic E-state index is 0.287. The van der Waals surface area contributed by atoms with Gasteiger partial charge in [-0.15, -0.1) is 0 Å². The van der Waals surface area contributed by atoms with E-state index in [4.69, 9.17) is 14.6 Å². The first kappa shape index (κ1) is 11.3. The Morgan fingerprint density at radius 2 is 2.07 bits per heavy atom. The van der Waals surface area contributed by atoms with Crippen molar-refractivity contribution in [3.63, 3.8) is 0 Å². The van der Waals surface area contributed by atoms with Crippen LogP contribution in [0, 0.1) is 0 Å². The van der Waals surface area contributed by atoms with E-state index in [1.807, 2.05) is 0 Å². The van der Waals surface area contributed by atoms with Crippen LogP contribution >= 0.6 is 0 Å². The van der Waals surface area contributed by atoms with Crippen molar-refractivity contribution in [3.8, 4) is 0 Å². The lowest BCUT2D eigenvalue weighted by Crippen LogP contribution is -2.50. The van der Waals surface area contributed by atoms with Crippen LogP contribution in [0.2, 0.25) is 0 Å². The summed E-state index contributed by atoms with van der Waals surface area (Å²) in [5.41, 5.74) is -1.81. The lowest BCUT2D eigenvalue weighted by Gasteiger charge is -2.22. The third-order valence-electron chi connectivity index (χ3n) is 2.07. The Hall–Kier alpha value is -1.82. The summed E-state index contributed by atoms with van der Waals surface area (Å²) >= 11 is 0. The quantitative estimate of drug-likeness (QED) is 0.687. The van der Waals surface area contributed by atoms with Gasteiger partial charge in [0.2, 0.25) is 0 Å². The molecule has 1 rings (SSSR count). The van der Waals surface area contributed by atoms with Crippen LogP contribution in [0.3, 0.4) is 0 Å². The number of rotatable bonds is 5. The van der Waals surface area contributed by atoms with Gasteiger partial charge in [-0.2, -0.15) is 0 Å². The van der Waals surface area contributed by atoms with Crippen molar-refractivity contribution in [2.75, 3.05) is 7.11 Å². The molecule has 0 saturated heterocycles. The molecule has 0 unspecified atom stereocenters. The average molecular weight is 214 g/mol. The Bertz CT molecular complexity index is 339. The van der Waals surface area contributed by atoms with E-state index in [-0.39, 0.29) is 6.42 Å².